The van der Waals surface area contributed by atoms with Gasteiger partial charge in [0.05, 0.1) is 35.5 Å². The number of fused-ring (bicyclic) bond motifs is 2. The molecule has 1 saturated heterocycles. The average molecular weight is 908 g/mol. The zero-order valence-corrected chi connectivity index (χ0v) is 37.7. The zero-order chi connectivity index (χ0) is 46.2. The van der Waals surface area contributed by atoms with E-state index in [0.29, 0.717) is 60.6 Å². The molecular formula is C51H53N7O7S. The van der Waals surface area contributed by atoms with E-state index >= 15 is 0 Å². The van der Waals surface area contributed by atoms with Gasteiger partial charge in [0.2, 0.25) is 5.56 Å². The summed E-state index contributed by atoms with van der Waals surface area (Å²) in [6.45, 7) is 5.76. The lowest BCUT2D eigenvalue weighted by Crippen LogP contribution is -2.48. The number of piperazine rings is 1. The Hall–Kier alpha value is -7.07. The number of amides is 2. The van der Waals surface area contributed by atoms with Crippen molar-refractivity contribution in [2.45, 2.75) is 48.7 Å². The van der Waals surface area contributed by atoms with Crippen molar-refractivity contribution in [1.29, 1.82) is 0 Å². The molecule has 3 heterocycles. The Morgan fingerprint density at radius 1 is 0.894 bits per heavy atom. The molecule has 1 fully saturated rings. The van der Waals surface area contributed by atoms with Crippen molar-refractivity contribution in [1.82, 2.24) is 20.2 Å². The molecule has 7 aromatic rings. The van der Waals surface area contributed by atoms with E-state index in [1.807, 2.05) is 61.5 Å². The van der Waals surface area contributed by atoms with Crippen LogP contribution in [0.25, 0.3) is 21.8 Å². The summed E-state index contributed by atoms with van der Waals surface area (Å²) in [5, 5.41) is 29.0. The lowest BCUT2D eigenvalue weighted by atomic mass is 10.0. The normalized spacial score (nSPS) is 13.2. The quantitative estimate of drug-likeness (QED) is 0.0481. The van der Waals surface area contributed by atoms with Gasteiger partial charge in [-0.2, -0.15) is 0 Å². The van der Waals surface area contributed by atoms with Crippen LogP contribution in [0.3, 0.4) is 0 Å². The number of phenols is 1. The van der Waals surface area contributed by atoms with E-state index in [4.69, 9.17) is 15.2 Å². The molecule has 2 amide bonds. The number of carbonyl (C=O) groups excluding carboxylic acids is 2. The van der Waals surface area contributed by atoms with Crippen LogP contribution in [-0.4, -0.2) is 83.5 Å². The summed E-state index contributed by atoms with van der Waals surface area (Å²) >= 11 is 1.56. The van der Waals surface area contributed by atoms with Gasteiger partial charge in [-0.15, -0.1) is 0 Å². The molecule has 15 heteroatoms. The number of aromatic hydroxyl groups is 1. The maximum Gasteiger partial charge on any atom is 0.410 e. The molecule has 0 unspecified atom stereocenters. The van der Waals surface area contributed by atoms with Crippen LogP contribution in [0.1, 0.15) is 51.6 Å². The molecular weight excluding hydrogens is 855 g/mol. The number of phenolic OH excluding ortho intramolecular Hbond substituents is 1. The fourth-order valence-electron chi connectivity index (χ4n) is 8.24. The lowest BCUT2D eigenvalue weighted by Gasteiger charge is -2.35. The third-order valence-corrected chi connectivity index (χ3v) is 12.7. The molecule has 0 saturated carbocycles. The van der Waals surface area contributed by atoms with Gasteiger partial charge in [-0.05, 0) is 116 Å². The number of aryl methyl sites for hydroxylation is 2. The van der Waals surface area contributed by atoms with Crippen LogP contribution in [0.4, 0.5) is 21.9 Å². The number of primary amides is 1. The number of H-pyrrole nitrogens is 1. The first kappa shape index (κ1) is 45.5. The lowest BCUT2D eigenvalue weighted by molar-refractivity contribution is 0.0940. The predicted molar refractivity (Wildman–Crippen MR) is 259 cm³/mol. The van der Waals surface area contributed by atoms with Crippen molar-refractivity contribution < 1.29 is 29.3 Å². The Morgan fingerprint density at radius 2 is 1.70 bits per heavy atom. The Labute approximate surface area is 386 Å². The number of nitrogens with zero attached hydrogens (tertiary/aromatic N) is 3. The number of rotatable bonds is 17. The second-order valence-electron chi connectivity index (χ2n) is 16.3. The second-order valence-corrected chi connectivity index (χ2v) is 17.5. The number of pyridine rings is 2. The molecule has 66 heavy (non-hydrogen) atoms. The van der Waals surface area contributed by atoms with Crippen LogP contribution in [0.2, 0.25) is 0 Å². The number of methoxy groups -OCH3 is 1. The minimum absolute atomic E-state index is 0.0283. The van der Waals surface area contributed by atoms with E-state index in [1.54, 1.807) is 35.9 Å². The highest BCUT2D eigenvalue weighted by atomic mass is 32.2. The Morgan fingerprint density at radius 3 is 2.48 bits per heavy atom. The number of aliphatic hydroxyl groups excluding tert-OH is 1. The van der Waals surface area contributed by atoms with Crippen LogP contribution >= 0.6 is 11.8 Å². The van der Waals surface area contributed by atoms with Crippen molar-refractivity contribution in [2.75, 3.05) is 56.6 Å². The third-order valence-electron chi connectivity index (χ3n) is 11.7. The fourth-order valence-corrected chi connectivity index (χ4v) is 9.28. The molecule has 0 bridgehead atoms. The fraction of sp³-hybridized carbons (Fsp3) is 0.255. The number of anilines is 3. The highest BCUT2D eigenvalue weighted by molar-refractivity contribution is 7.99. The molecule has 0 aliphatic carbocycles. The molecule has 0 radical (unpaired) electrons. The molecule has 340 valence electrons. The number of nitrogens with two attached hydrogens (primary N) is 1. The van der Waals surface area contributed by atoms with Crippen LogP contribution in [-0.2, 0) is 17.8 Å². The molecule has 7 N–H and O–H groups in total. The number of hydrogen-bond acceptors (Lipinski definition) is 12. The minimum atomic E-state index is -0.785. The van der Waals surface area contributed by atoms with E-state index in [2.05, 4.69) is 55.8 Å². The summed E-state index contributed by atoms with van der Waals surface area (Å²) in [6.07, 6.45) is 3.26. The predicted octanol–water partition coefficient (Wildman–Crippen LogP) is 8.20. The number of unbranched alkanes of at least 4 members (excludes halogenated alkanes) is 1. The molecule has 8 rings (SSSR count). The van der Waals surface area contributed by atoms with Crippen molar-refractivity contribution in [2.24, 2.45) is 5.73 Å². The summed E-state index contributed by atoms with van der Waals surface area (Å²) in [5.74, 6) is 0.0585. The Balaban J connectivity index is 0.784. The topological polar surface area (TPSA) is 195 Å². The minimum Gasteiger partial charge on any atom is -0.506 e. The van der Waals surface area contributed by atoms with Gasteiger partial charge in [-0.3, -0.25) is 14.6 Å². The molecule has 1 aliphatic heterocycles. The number of aromatic amines is 1. The molecule has 14 nitrogen and oxygen atoms in total. The number of hydrogen-bond donors (Lipinski definition) is 6. The van der Waals surface area contributed by atoms with Gasteiger partial charge in [0.15, 0.2) is 0 Å². The van der Waals surface area contributed by atoms with E-state index in [0.717, 1.165) is 69.0 Å². The summed E-state index contributed by atoms with van der Waals surface area (Å²) in [6, 6.07) is 34.2. The van der Waals surface area contributed by atoms with E-state index in [1.165, 1.54) is 23.9 Å². The SMILES string of the molecule is COc1cccc(Nc2c(C(N)=O)cnc3c(C)cc(Sc4cccc(COC(=O)N5CCN(c6ccc(CCCCNC[C@H](O)c7ccc(O)c8[nH]c(=O)ccc78)cc6)CC5)c4)cc23)c1. The van der Waals surface area contributed by atoms with Crippen molar-refractivity contribution in [3.63, 3.8) is 0 Å². The number of benzene rings is 5. The first-order valence-electron chi connectivity index (χ1n) is 21.9. The van der Waals surface area contributed by atoms with E-state index in [-0.39, 0.29) is 29.6 Å². The molecule has 1 aliphatic rings. The number of ether oxygens (including phenoxy) is 2. The summed E-state index contributed by atoms with van der Waals surface area (Å²) in [5.41, 5.74) is 13.0. The van der Waals surface area contributed by atoms with Crippen LogP contribution < -0.4 is 31.6 Å². The zero-order valence-electron chi connectivity index (χ0n) is 36.9. The Kier molecular flexibility index (Phi) is 14.4. The number of aromatic nitrogens is 2. The van der Waals surface area contributed by atoms with Crippen LogP contribution in [0.15, 0.2) is 130 Å². The molecule has 2 aromatic heterocycles. The average Bonchev–Trinajstić information content (AvgIpc) is 3.32. The third kappa shape index (κ3) is 10.9. The van der Waals surface area contributed by atoms with Gasteiger partial charge in [-0.25, -0.2) is 4.79 Å². The van der Waals surface area contributed by atoms with E-state index in [9.17, 15) is 24.6 Å². The molecule has 5 aromatic carbocycles. The van der Waals surface area contributed by atoms with E-state index < -0.39 is 12.0 Å². The first-order chi connectivity index (χ1) is 32.0. The number of nitrogens with one attached hydrogen (secondary N) is 3. The van der Waals surface area contributed by atoms with Crippen LogP contribution in [0, 0.1) is 6.92 Å². The first-order valence-corrected chi connectivity index (χ1v) is 22.7. The van der Waals surface area contributed by atoms with Crippen molar-refractivity contribution in [3.8, 4) is 11.5 Å². The maximum absolute atomic E-state index is 13.2. The summed E-state index contributed by atoms with van der Waals surface area (Å²) < 4.78 is 11.2. The van der Waals surface area contributed by atoms with Crippen molar-refractivity contribution in [3.05, 3.63) is 154 Å². The van der Waals surface area contributed by atoms with Gasteiger partial charge >= 0.3 is 6.09 Å². The molecule has 0 spiro atoms. The number of carbonyl (C=O) groups is 2. The second kappa shape index (κ2) is 20.8. The summed E-state index contributed by atoms with van der Waals surface area (Å²) in [4.78, 5) is 50.6. The summed E-state index contributed by atoms with van der Waals surface area (Å²) in [7, 11) is 1.60. The smallest absolute Gasteiger partial charge is 0.410 e. The highest BCUT2D eigenvalue weighted by Gasteiger charge is 2.23. The van der Waals surface area contributed by atoms with Gasteiger partial charge in [0.1, 0.15) is 18.1 Å². The Bertz CT molecular complexity index is 2920. The maximum atomic E-state index is 13.2. The monoisotopic (exact) mass is 907 g/mol. The van der Waals surface area contributed by atoms with Gasteiger partial charge in [0, 0.05) is 83.0 Å². The van der Waals surface area contributed by atoms with Crippen molar-refractivity contribution >= 4 is 62.6 Å². The highest BCUT2D eigenvalue weighted by Crippen LogP contribution is 2.37. The number of aliphatic hydroxyl groups is 1. The van der Waals surface area contributed by atoms with Gasteiger partial charge < -0.3 is 50.8 Å². The van der Waals surface area contributed by atoms with Gasteiger partial charge in [-0.1, -0.05) is 48.2 Å². The van der Waals surface area contributed by atoms with Gasteiger partial charge in [0.25, 0.3) is 5.91 Å². The van der Waals surface area contributed by atoms with Crippen LogP contribution in [0.5, 0.6) is 11.5 Å². The standard InChI is InChI=1S/C51H53N7O7S/c1-32-25-39(28-42-47(32)54-29-43(50(52)62)48(42)55-35-9-6-10-37(27-35)64-2)66-38-11-5-8-34(26-38)31-65-51(63)58-23-21-57(22-24-58)36-14-12-33(13-15-36)7-3-4-20-53-30-45(60)40-16-18-44(59)49-41(40)17-19-46(61)56-49/h5-6,8-19,25-29,45,53,59-60H,3-4,7,20-24,30-31H2,1-2H3,(H2,52,62)(H,54,55)(H,56,61)/t45-/m0/s1. The molecule has 1 atom stereocenters. The largest absolute Gasteiger partial charge is 0.506 e.